The Morgan fingerprint density at radius 1 is 1.10 bits per heavy atom. The first-order chi connectivity index (χ1) is 14.8. The van der Waals surface area contributed by atoms with E-state index in [0.717, 1.165) is 4.31 Å². The molecule has 1 heterocycles. The number of hydrogen-bond acceptors (Lipinski definition) is 5. The van der Waals surface area contributed by atoms with E-state index in [9.17, 15) is 13.2 Å². The number of halogens is 2. The Hall–Kier alpha value is -2.65. The van der Waals surface area contributed by atoms with Crippen LogP contribution in [0.4, 0.5) is 5.69 Å². The summed E-state index contributed by atoms with van der Waals surface area (Å²) in [6, 6.07) is 14.5. The monoisotopic (exact) mass is 479 g/mol. The number of pyridine rings is 1. The molecule has 2 aromatic carbocycles. The summed E-state index contributed by atoms with van der Waals surface area (Å²) in [7, 11) is -2.44. The number of benzene rings is 2. The standard InChI is InChI=1S/C21H19Cl2N3O4S/c1-30-17-7-4-15(5-8-17)13-26(31(28,29)18-3-2-10-24-12-18)14-21(27)25-16-6-9-19(22)20(23)11-16/h2-12H,13-14H2,1H3,(H,25,27). The molecule has 3 aromatic rings. The van der Waals surface area contributed by atoms with Gasteiger partial charge in [-0.2, -0.15) is 4.31 Å². The van der Waals surface area contributed by atoms with E-state index in [2.05, 4.69) is 10.3 Å². The van der Waals surface area contributed by atoms with Crippen LogP contribution in [0.15, 0.2) is 71.9 Å². The zero-order chi connectivity index (χ0) is 22.4. The Balaban J connectivity index is 1.85. The highest BCUT2D eigenvalue weighted by Gasteiger charge is 2.27. The number of sulfonamides is 1. The predicted molar refractivity (Wildman–Crippen MR) is 120 cm³/mol. The Morgan fingerprint density at radius 2 is 1.84 bits per heavy atom. The van der Waals surface area contributed by atoms with Gasteiger partial charge in [-0.15, -0.1) is 0 Å². The number of carbonyl (C=O) groups excluding carboxylic acids is 1. The topological polar surface area (TPSA) is 88.6 Å². The molecule has 1 amide bonds. The number of carbonyl (C=O) groups is 1. The van der Waals surface area contributed by atoms with Gasteiger partial charge in [-0.1, -0.05) is 35.3 Å². The molecule has 0 aliphatic heterocycles. The summed E-state index contributed by atoms with van der Waals surface area (Å²) in [4.78, 5) is 16.5. The van der Waals surface area contributed by atoms with Crippen molar-refractivity contribution in [1.29, 1.82) is 0 Å². The maximum absolute atomic E-state index is 13.2. The molecular formula is C21H19Cl2N3O4S. The molecule has 3 rings (SSSR count). The minimum absolute atomic E-state index is 0.00847. The lowest BCUT2D eigenvalue weighted by molar-refractivity contribution is -0.116. The highest BCUT2D eigenvalue weighted by Crippen LogP contribution is 2.25. The lowest BCUT2D eigenvalue weighted by Gasteiger charge is -2.22. The van der Waals surface area contributed by atoms with Crippen LogP contribution in [-0.2, 0) is 21.4 Å². The van der Waals surface area contributed by atoms with Gasteiger partial charge in [-0.25, -0.2) is 8.42 Å². The quantitative estimate of drug-likeness (QED) is 0.522. The van der Waals surface area contributed by atoms with Gasteiger partial charge in [0, 0.05) is 24.6 Å². The van der Waals surface area contributed by atoms with Gasteiger partial charge in [0.2, 0.25) is 15.9 Å². The number of anilines is 1. The summed E-state index contributed by atoms with van der Waals surface area (Å²) in [5.41, 5.74) is 1.10. The van der Waals surface area contributed by atoms with Crippen LogP contribution in [0, 0.1) is 0 Å². The van der Waals surface area contributed by atoms with Gasteiger partial charge in [0.15, 0.2) is 0 Å². The molecule has 0 fully saturated rings. The molecule has 10 heteroatoms. The van der Waals surface area contributed by atoms with Crippen LogP contribution in [0.25, 0.3) is 0 Å². The molecule has 0 spiro atoms. The van der Waals surface area contributed by atoms with Gasteiger partial charge >= 0.3 is 0 Å². The molecule has 0 unspecified atom stereocenters. The molecule has 0 aliphatic rings. The average Bonchev–Trinajstić information content (AvgIpc) is 2.77. The van der Waals surface area contributed by atoms with Crippen molar-refractivity contribution in [2.45, 2.75) is 11.4 Å². The van der Waals surface area contributed by atoms with Crippen LogP contribution >= 0.6 is 23.2 Å². The zero-order valence-corrected chi connectivity index (χ0v) is 18.8. The van der Waals surface area contributed by atoms with Crippen LogP contribution in [0.2, 0.25) is 10.0 Å². The fourth-order valence-corrected chi connectivity index (χ4v) is 4.39. The SMILES string of the molecule is COc1ccc(CN(CC(=O)Nc2ccc(Cl)c(Cl)c2)S(=O)(=O)c2cccnc2)cc1. The maximum Gasteiger partial charge on any atom is 0.245 e. The summed E-state index contributed by atoms with van der Waals surface area (Å²) < 4.78 is 32.6. The number of aromatic nitrogens is 1. The smallest absolute Gasteiger partial charge is 0.245 e. The number of nitrogens with zero attached hydrogens (tertiary/aromatic N) is 2. The van der Waals surface area contributed by atoms with Gasteiger partial charge < -0.3 is 10.1 Å². The van der Waals surface area contributed by atoms with Crippen molar-refractivity contribution < 1.29 is 17.9 Å². The summed E-state index contributed by atoms with van der Waals surface area (Å²) >= 11 is 11.9. The summed E-state index contributed by atoms with van der Waals surface area (Å²) in [5.74, 6) is 0.113. The third-order valence-electron chi connectivity index (χ3n) is 4.31. The molecule has 0 saturated carbocycles. The predicted octanol–water partition coefficient (Wildman–Crippen LogP) is 4.23. The first kappa shape index (κ1) is 23.0. The van der Waals surface area contributed by atoms with Crippen molar-refractivity contribution in [2.24, 2.45) is 0 Å². The number of hydrogen-bond donors (Lipinski definition) is 1. The second-order valence-electron chi connectivity index (χ2n) is 6.49. The van der Waals surface area contributed by atoms with Crippen molar-refractivity contribution in [3.05, 3.63) is 82.6 Å². The maximum atomic E-state index is 13.2. The molecule has 1 N–H and O–H groups in total. The number of amides is 1. The van der Waals surface area contributed by atoms with E-state index >= 15 is 0 Å². The van der Waals surface area contributed by atoms with E-state index in [1.807, 2.05) is 0 Å². The molecule has 0 aliphatic carbocycles. The number of nitrogens with one attached hydrogen (secondary N) is 1. The average molecular weight is 480 g/mol. The van der Waals surface area contributed by atoms with E-state index in [4.69, 9.17) is 27.9 Å². The molecule has 0 bridgehead atoms. The Kier molecular flexibility index (Phi) is 7.50. The zero-order valence-electron chi connectivity index (χ0n) is 16.5. The Morgan fingerprint density at radius 3 is 2.45 bits per heavy atom. The van der Waals surface area contributed by atoms with Crippen LogP contribution in [0.1, 0.15) is 5.56 Å². The third-order valence-corrected chi connectivity index (χ3v) is 6.83. The minimum Gasteiger partial charge on any atom is -0.497 e. The van der Waals surface area contributed by atoms with E-state index in [-0.39, 0.29) is 16.5 Å². The minimum atomic E-state index is -3.99. The van der Waals surface area contributed by atoms with Crippen molar-refractivity contribution >= 4 is 44.8 Å². The summed E-state index contributed by atoms with van der Waals surface area (Å²) in [6.07, 6.45) is 2.72. The lowest BCUT2D eigenvalue weighted by atomic mass is 10.2. The van der Waals surface area contributed by atoms with E-state index < -0.39 is 22.5 Å². The van der Waals surface area contributed by atoms with Gasteiger partial charge in [-0.3, -0.25) is 9.78 Å². The molecule has 0 saturated heterocycles. The van der Waals surface area contributed by atoms with Crippen molar-refractivity contribution in [3.63, 3.8) is 0 Å². The molecule has 0 radical (unpaired) electrons. The van der Waals surface area contributed by atoms with E-state index in [1.54, 1.807) is 43.5 Å². The first-order valence-electron chi connectivity index (χ1n) is 9.07. The van der Waals surface area contributed by atoms with Gasteiger partial charge in [-0.05, 0) is 48.0 Å². The lowest BCUT2D eigenvalue weighted by Crippen LogP contribution is -2.37. The largest absolute Gasteiger partial charge is 0.497 e. The van der Waals surface area contributed by atoms with Crippen molar-refractivity contribution in [1.82, 2.24) is 9.29 Å². The summed E-state index contributed by atoms with van der Waals surface area (Å²) in [6.45, 7) is -0.431. The highest BCUT2D eigenvalue weighted by atomic mass is 35.5. The highest BCUT2D eigenvalue weighted by molar-refractivity contribution is 7.89. The molecule has 0 atom stereocenters. The van der Waals surface area contributed by atoms with E-state index in [0.29, 0.717) is 22.0 Å². The Labute approximate surface area is 190 Å². The fourth-order valence-electron chi connectivity index (χ4n) is 2.74. The van der Waals surface area contributed by atoms with Crippen LogP contribution in [-0.4, -0.2) is 37.3 Å². The molecule has 7 nitrogen and oxygen atoms in total. The van der Waals surface area contributed by atoms with Crippen LogP contribution < -0.4 is 10.1 Å². The van der Waals surface area contributed by atoms with Gasteiger partial charge in [0.25, 0.3) is 0 Å². The van der Waals surface area contributed by atoms with Gasteiger partial charge in [0.1, 0.15) is 10.6 Å². The normalized spacial score (nSPS) is 11.4. The van der Waals surface area contributed by atoms with Crippen molar-refractivity contribution in [3.8, 4) is 5.75 Å². The Bertz CT molecular complexity index is 1160. The molecule has 31 heavy (non-hydrogen) atoms. The second kappa shape index (κ2) is 10.1. The van der Waals surface area contributed by atoms with E-state index in [1.165, 1.54) is 30.6 Å². The van der Waals surface area contributed by atoms with Crippen LogP contribution in [0.3, 0.4) is 0 Å². The third kappa shape index (κ3) is 5.95. The number of methoxy groups -OCH3 is 1. The number of ether oxygens (including phenoxy) is 1. The summed E-state index contributed by atoms with van der Waals surface area (Å²) in [5, 5.41) is 3.27. The van der Waals surface area contributed by atoms with Crippen LogP contribution in [0.5, 0.6) is 5.75 Å². The fraction of sp³-hybridized carbons (Fsp3) is 0.143. The number of rotatable bonds is 8. The van der Waals surface area contributed by atoms with Gasteiger partial charge in [0.05, 0.1) is 23.7 Å². The molecule has 162 valence electrons. The molecular weight excluding hydrogens is 461 g/mol. The van der Waals surface area contributed by atoms with Crippen molar-refractivity contribution in [2.75, 3.05) is 19.0 Å². The first-order valence-corrected chi connectivity index (χ1v) is 11.3. The molecule has 1 aromatic heterocycles. The second-order valence-corrected chi connectivity index (χ2v) is 9.24.